The highest BCUT2D eigenvalue weighted by Gasteiger charge is 2.27. The number of hydrogen-bond donors (Lipinski definition) is 2. The standard InChI is InChI=1S/C14H23N5O2/c1-3-15-13-12(19(20)21)14(17-9-16-13)18-11-8-6-4-5-7-10(11)2/h9-11H,3-8H2,1-2H3,(H2,15,16,17,18). The van der Waals surface area contributed by atoms with Gasteiger partial charge in [0.2, 0.25) is 11.6 Å². The van der Waals surface area contributed by atoms with Crippen molar-refractivity contribution >= 4 is 17.3 Å². The van der Waals surface area contributed by atoms with Crippen molar-refractivity contribution in [1.29, 1.82) is 0 Å². The van der Waals surface area contributed by atoms with Crippen LogP contribution in [0.2, 0.25) is 0 Å². The first-order valence-electron chi connectivity index (χ1n) is 7.63. The second kappa shape index (κ2) is 7.19. The van der Waals surface area contributed by atoms with E-state index < -0.39 is 4.92 Å². The van der Waals surface area contributed by atoms with Crippen LogP contribution < -0.4 is 10.6 Å². The summed E-state index contributed by atoms with van der Waals surface area (Å²) in [7, 11) is 0. The van der Waals surface area contributed by atoms with Crippen molar-refractivity contribution in [3.63, 3.8) is 0 Å². The first-order chi connectivity index (χ1) is 10.1. The summed E-state index contributed by atoms with van der Waals surface area (Å²) >= 11 is 0. The van der Waals surface area contributed by atoms with E-state index in [9.17, 15) is 10.1 Å². The summed E-state index contributed by atoms with van der Waals surface area (Å²) in [6, 6.07) is 0.232. The van der Waals surface area contributed by atoms with E-state index in [-0.39, 0.29) is 17.5 Å². The van der Waals surface area contributed by atoms with Crippen molar-refractivity contribution in [2.75, 3.05) is 17.2 Å². The summed E-state index contributed by atoms with van der Waals surface area (Å²) in [5.41, 5.74) is -0.0594. The number of hydrogen-bond acceptors (Lipinski definition) is 6. The van der Waals surface area contributed by atoms with Crippen molar-refractivity contribution in [2.45, 2.75) is 52.0 Å². The number of anilines is 2. The molecule has 1 saturated carbocycles. The third-order valence-corrected chi connectivity index (χ3v) is 4.03. The zero-order valence-electron chi connectivity index (χ0n) is 12.6. The highest BCUT2D eigenvalue weighted by Crippen LogP contribution is 2.32. The number of rotatable bonds is 5. The largest absolute Gasteiger partial charge is 0.364 e. The fraction of sp³-hybridized carbons (Fsp3) is 0.714. The van der Waals surface area contributed by atoms with Crippen LogP contribution in [0.4, 0.5) is 17.3 Å². The Balaban J connectivity index is 2.25. The molecule has 2 atom stereocenters. The third-order valence-electron chi connectivity index (χ3n) is 4.03. The van der Waals surface area contributed by atoms with Gasteiger partial charge in [-0.3, -0.25) is 10.1 Å². The quantitative estimate of drug-likeness (QED) is 0.492. The lowest BCUT2D eigenvalue weighted by molar-refractivity contribution is -0.383. The highest BCUT2D eigenvalue weighted by molar-refractivity contribution is 5.69. The monoisotopic (exact) mass is 293 g/mol. The van der Waals surface area contributed by atoms with E-state index in [2.05, 4.69) is 27.5 Å². The average Bonchev–Trinajstić information content (AvgIpc) is 2.64. The molecule has 0 aliphatic heterocycles. The molecule has 2 unspecified atom stereocenters. The van der Waals surface area contributed by atoms with Gasteiger partial charge in [0.05, 0.1) is 4.92 Å². The molecule has 0 bridgehead atoms. The minimum Gasteiger partial charge on any atom is -0.364 e. The van der Waals surface area contributed by atoms with Crippen molar-refractivity contribution < 1.29 is 4.92 Å². The Bertz CT molecular complexity index is 494. The molecule has 7 heteroatoms. The first kappa shape index (κ1) is 15.5. The molecule has 21 heavy (non-hydrogen) atoms. The van der Waals surface area contributed by atoms with E-state index in [1.165, 1.54) is 19.2 Å². The summed E-state index contributed by atoms with van der Waals surface area (Å²) in [5.74, 6) is 1.09. The van der Waals surface area contributed by atoms with E-state index in [4.69, 9.17) is 0 Å². The number of nitrogens with one attached hydrogen (secondary N) is 2. The Morgan fingerprint density at radius 3 is 2.71 bits per heavy atom. The smallest absolute Gasteiger partial charge is 0.353 e. The molecule has 1 aliphatic rings. The molecule has 1 aliphatic carbocycles. The fourth-order valence-electron chi connectivity index (χ4n) is 2.84. The van der Waals surface area contributed by atoms with Crippen LogP contribution >= 0.6 is 0 Å². The predicted octanol–water partition coefficient (Wildman–Crippen LogP) is 3.20. The topological polar surface area (TPSA) is 93.0 Å². The first-order valence-corrected chi connectivity index (χ1v) is 7.63. The summed E-state index contributed by atoms with van der Waals surface area (Å²) in [5, 5.41) is 17.6. The molecule has 1 fully saturated rings. The Morgan fingerprint density at radius 1 is 1.29 bits per heavy atom. The molecule has 2 rings (SSSR count). The summed E-state index contributed by atoms with van der Waals surface area (Å²) in [4.78, 5) is 19.0. The molecule has 0 saturated heterocycles. The molecule has 1 heterocycles. The second-order valence-corrected chi connectivity index (χ2v) is 5.57. The molecule has 116 valence electrons. The lowest BCUT2D eigenvalue weighted by Gasteiger charge is -2.23. The SMILES string of the molecule is CCNc1ncnc(NC2CCCCCC2C)c1[N+](=O)[O-]. The molecule has 1 aromatic rings. The highest BCUT2D eigenvalue weighted by atomic mass is 16.6. The van der Waals surface area contributed by atoms with Gasteiger partial charge >= 0.3 is 5.69 Å². The van der Waals surface area contributed by atoms with Gasteiger partial charge in [0.15, 0.2) is 0 Å². The van der Waals surface area contributed by atoms with Crippen LogP contribution in [-0.2, 0) is 0 Å². The Labute approximate surface area is 124 Å². The van der Waals surface area contributed by atoms with Crippen molar-refractivity contribution in [1.82, 2.24) is 9.97 Å². The lowest BCUT2D eigenvalue weighted by atomic mass is 9.97. The maximum Gasteiger partial charge on any atom is 0.353 e. The number of aromatic nitrogens is 2. The molecular weight excluding hydrogens is 270 g/mol. The van der Waals surface area contributed by atoms with Crippen LogP contribution in [0, 0.1) is 16.0 Å². The van der Waals surface area contributed by atoms with Crippen molar-refractivity contribution in [2.24, 2.45) is 5.92 Å². The summed E-state index contributed by atoms with van der Waals surface area (Å²) in [6.07, 6.45) is 7.16. The van der Waals surface area contributed by atoms with Gasteiger partial charge in [0.25, 0.3) is 0 Å². The zero-order valence-corrected chi connectivity index (χ0v) is 12.6. The van der Waals surface area contributed by atoms with Gasteiger partial charge in [-0.1, -0.05) is 26.2 Å². The van der Waals surface area contributed by atoms with Gasteiger partial charge in [-0.15, -0.1) is 0 Å². The van der Waals surface area contributed by atoms with Gasteiger partial charge in [-0.05, 0) is 25.7 Å². The van der Waals surface area contributed by atoms with Gasteiger partial charge in [-0.2, -0.15) is 0 Å². The number of nitro groups is 1. The molecule has 2 N–H and O–H groups in total. The van der Waals surface area contributed by atoms with E-state index in [0.29, 0.717) is 18.3 Å². The molecule has 0 aromatic carbocycles. The van der Waals surface area contributed by atoms with Gasteiger partial charge in [-0.25, -0.2) is 9.97 Å². The van der Waals surface area contributed by atoms with E-state index in [0.717, 1.165) is 19.3 Å². The Kier molecular flexibility index (Phi) is 5.30. The Morgan fingerprint density at radius 2 is 2.00 bits per heavy atom. The number of nitrogens with zero attached hydrogens (tertiary/aromatic N) is 3. The normalized spacial score (nSPS) is 22.4. The third kappa shape index (κ3) is 3.80. The molecule has 0 spiro atoms. The molecular formula is C14H23N5O2. The zero-order chi connectivity index (χ0) is 15.2. The predicted molar refractivity (Wildman–Crippen MR) is 82.5 cm³/mol. The van der Waals surface area contributed by atoms with Gasteiger partial charge in [0, 0.05) is 12.6 Å². The van der Waals surface area contributed by atoms with Crippen LogP contribution in [0.15, 0.2) is 6.33 Å². The van der Waals surface area contributed by atoms with E-state index in [1.54, 1.807) is 0 Å². The fourth-order valence-corrected chi connectivity index (χ4v) is 2.84. The van der Waals surface area contributed by atoms with Crippen molar-refractivity contribution in [3.8, 4) is 0 Å². The molecule has 1 aromatic heterocycles. The maximum absolute atomic E-state index is 11.4. The van der Waals surface area contributed by atoms with Gasteiger partial charge < -0.3 is 10.6 Å². The molecule has 7 nitrogen and oxygen atoms in total. The Hall–Kier alpha value is -1.92. The van der Waals surface area contributed by atoms with Crippen LogP contribution in [-0.4, -0.2) is 27.5 Å². The van der Waals surface area contributed by atoms with Gasteiger partial charge in [0.1, 0.15) is 6.33 Å². The van der Waals surface area contributed by atoms with Crippen LogP contribution in [0.3, 0.4) is 0 Å². The minimum atomic E-state index is -0.415. The minimum absolute atomic E-state index is 0.0594. The van der Waals surface area contributed by atoms with E-state index in [1.807, 2.05) is 6.92 Å². The van der Waals surface area contributed by atoms with Crippen molar-refractivity contribution in [3.05, 3.63) is 16.4 Å². The van der Waals surface area contributed by atoms with Crippen LogP contribution in [0.5, 0.6) is 0 Å². The van der Waals surface area contributed by atoms with E-state index >= 15 is 0 Å². The second-order valence-electron chi connectivity index (χ2n) is 5.57. The lowest BCUT2D eigenvalue weighted by Crippen LogP contribution is -2.27. The molecule has 0 amide bonds. The van der Waals surface area contributed by atoms with Crippen LogP contribution in [0.1, 0.15) is 46.0 Å². The molecule has 0 radical (unpaired) electrons. The maximum atomic E-state index is 11.4. The summed E-state index contributed by atoms with van der Waals surface area (Å²) in [6.45, 7) is 4.66. The average molecular weight is 293 g/mol. The summed E-state index contributed by atoms with van der Waals surface area (Å²) < 4.78 is 0. The van der Waals surface area contributed by atoms with Crippen LogP contribution in [0.25, 0.3) is 0 Å².